The molecule has 108 valence electrons. The van der Waals surface area contributed by atoms with Gasteiger partial charge in [0, 0.05) is 10.9 Å². The van der Waals surface area contributed by atoms with E-state index in [4.69, 9.17) is 9.47 Å². The Hall–Kier alpha value is -0.880. The van der Waals surface area contributed by atoms with Crippen LogP contribution in [0.15, 0.2) is 27.1 Å². The smallest absolute Gasteiger partial charge is 0.344 e. The van der Waals surface area contributed by atoms with Crippen LogP contribution in [0.3, 0.4) is 0 Å². The van der Waals surface area contributed by atoms with E-state index in [1.807, 2.05) is 12.1 Å². The number of halogens is 2. The molecule has 0 aromatic heterocycles. The highest BCUT2D eigenvalue weighted by Gasteiger charge is 2.25. The van der Waals surface area contributed by atoms with Gasteiger partial charge in [0.15, 0.2) is 18.5 Å². The first-order chi connectivity index (χ1) is 9.56. The third kappa shape index (κ3) is 4.31. The molecule has 0 heterocycles. The van der Waals surface area contributed by atoms with E-state index in [0.717, 1.165) is 21.8 Å². The Labute approximate surface area is 134 Å². The molecular formula is C14H14Br2O4. The predicted molar refractivity (Wildman–Crippen MR) is 80.7 cm³/mol. The lowest BCUT2D eigenvalue weighted by Crippen LogP contribution is -2.32. The van der Waals surface area contributed by atoms with Crippen LogP contribution < -0.4 is 4.74 Å². The van der Waals surface area contributed by atoms with Gasteiger partial charge >= 0.3 is 5.97 Å². The average Bonchev–Trinajstić information content (AvgIpc) is 2.40. The summed E-state index contributed by atoms with van der Waals surface area (Å²) in [5, 5.41) is 0. The summed E-state index contributed by atoms with van der Waals surface area (Å²) in [7, 11) is 0. The minimum Gasteiger partial charge on any atom is -0.481 e. The molecule has 0 aliphatic heterocycles. The van der Waals surface area contributed by atoms with E-state index in [0.29, 0.717) is 18.6 Å². The van der Waals surface area contributed by atoms with Crippen LogP contribution in [-0.2, 0) is 14.3 Å². The van der Waals surface area contributed by atoms with E-state index in [-0.39, 0.29) is 12.4 Å². The van der Waals surface area contributed by atoms with Gasteiger partial charge in [-0.05, 0) is 53.4 Å². The van der Waals surface area contributed by atoms with Crippen LogP contribution in [0.4, 0.5) is 0 Å². The van der Waals surface area contributed by atoms with Crippen molar-refractivity contribution in [3.8, 4) is 5.75 Å². The molecule has 1 saturated carbocycles. The number of benzene rings is 1. The second-order valence-electron chi connectivity index (χ2n) is 4.55. The number of rotatable bonds is 4. The normalized spacial score (nSPS) is 18.7. The van der Waals surface area contributed by atoms with Crippen molar-refractivity contribution in [1.29, 1.82) is 0 Å². The van der Waals surface area contributed by atoms with E-state index in [2.05, 4.69) is 31.9 Å². The molecule has 1 fully saturated rings. The van der Waals surface area contributed by atoms with Gasteiger partial charge in [0.2, 0.25) is 0 Å². The zero-order chi connectivity index (χ0) is 14.5. The third-order valence-electron chi connectivity index (χ3n) is 3.01. The number of ketones is 1. The summed E-state index contributed by atoms with van der Waals surface area (Å²) in [6.07, 6.45) is 2.33. The molecule has 0 radical (unpaired) electrons. The second kappa shape index (κ2) is 7.22. The number of hydrogen-bond acceptors (Lipinski definition) is 4. The first kappa shape index (κ1) is 15.5. The van der Waals surface area contributed by atoms with Gasteiger partial charge in [-0.25, -0.2) is 4.79 Å². The van der Waals surface area contributed by atoms with Crippen molar-refractivity contribution in [1.82, 2.24) is 0 Å². The Morgan fingerprint density at radius 2 is 2.10 bits per heavy atom. The van der Waals surface area contributed by atoms with Crippen molar-refractivity contribution < 1.29 is 19.1 Å². The van der Waals surface area contributed by atoms with Crippen LogP contribution in [0, 0.1) is 0 Å². The fourth-order valence-corrected chi connectivity index (χ4v) is 3.16. The maximum Gasteiger partial charge on any atom is 0.344 e. The molecule has 0 bridgehead atoms. The van der Waals surface area contributed by atoms with Gasteiger partial charge in [0.25, 0.3) is 0 Å². The SMILES string of the molecule is O=C(COc1ccc(Br)cc1Br)O[C@H]1CCCCC1=O. The molecule has 20 heavy (non-hydrogen) atoms. The summed E-state index contributed by atoms with van der Waals surface area (Å²) in [5.41, 5.74) is 0. The van der Waals surface area contributed by atoms with E-state index in [1.165, 1.54) is 0 Å². The first-order valence-corrected chi connectivity index (χ1v) is 7.95. The molecule has 1 aliphatic rings. The van der Waals surface area contributed by atoms with Crippen LogP contribution in [0.2, 0.25) is 0 Å². The molecule has 0 N–H and O–H groups in total. The molecule has 1 aliphatic carbocycles. The monoisotopic (exact) mass is 404 g/mol. The van der Waals surface area contributed by atoms with Crippen molar-refractivity contribution in [3.05, 3.63) is 27.1 Å². The van der Waals surface area contributed by atoms with Crippen LogP contribution in [0.5, 0.6) is 5.75 Å². The summed E-state index contributed by atoms with van der Waals surface area (Å²) in [4.78, 5) is 23.2. The van der Waals surface area contributed by atoms with Gasteiger partial charge in [-0.2, -0.15) is 0 Å². The summed E-state index contributed by atoms with van der Waals surface area (Å²) in [6.45, 7) is -0.204. The van der Waals surface area contributed by atoms with Gasteiger partial charge in [0.1, 0.15) is 5.75 Å². The highest BCUT2D eigenvalue weighted by atomic mass is 79.9. The summed E-state index contributed by atoms with van der Waals surface area (Å²) < 4.78 is 12.2. The van der Waals surface area contributed by atoms with E-state index in [1.54, 1.807) is 6.07 Å². The fourth-order valence-electron chi connectivity index (χ4n) is 2.00. The van der Waals surface area contributed by atoms with Gasteiger partial charge in [-0.1, -0.05) is 15.9 Å². The lowest BCUT2D eigenvalue weighted by molar-refractivity contribution is -0.158. The Kier molecular flexibility index (Phi) is 5.60. The lowest BCUT2D eigenvalue weighted by Gasteiger charge is -2.20. The molecule has 2 rings (SSSR count). The number of carbonyl (C=O) groups excluding carboxylic acids is 2. The van der Waals surface area contributed by atoms with Gasteiger partial charge in [0.05, 0.1) is 4.47 Å². The highest BCUT2D eigenvalue weighted by Crippen LogP contribution is 2.28. The second-order valence-corrected chi connectivity index (χ2v) is 6.32. The van der Waals surface area contributed by atoms with Crippen molar-refractivity contribution in [2.75, 3.05) is 6.61 Å². The molecule has 0 amide bonds. The molecule has 0 unspecified atom stereocenters. The zero-order valence-electron chi connectivity index (χ0n) is 10.7. The summed E-state index contributed by atoms with van der Waals surface area (Å²) >= 11 is 6.68. The van der Waals surface area contributed by atoms with Crippen LogP contribution in [-0.4, -0.2) is 24.5 Å². The van der Waals surface area contributed by atoms with Crippen LogP contribution >= 0.6 is 31.9 Å². The van der Waals surface area contributed by atoms with Gasteiger partial charge in [-0.3, -0.25) is 4.79 Å². The Balaban J connectivity index is 1.84. The molecule has 0 saturated heterocycles. The van der Waals surface area contributed by atoms with Gasteiger partial charge < -0.3 is 9.47 Å². The largest absolute Gasteiger partial charge is 0.481 e. The maximum absolute atomic E-state index is 11.7. The quantitative estimate of drug-likeness (QED) is 0.717. The molecule has 1 aromatic carbocycles. The predicted octanol–water partition coefficient (Wildman–Crippen LogP) is 3.65. The number of hydrogen-bond donors (Lipinski definition) is 0. The number of Topliss-reactive ketones (excluding diaryl/α,β-unsaturated/α-hetero) is 1. The number of carbonyl (C=O) groups is 2. The van der Waals surface area contributed by atoms with Crippen LogP contribution in [0.1, 0.15) is 25.7 Å². The summed E-state index contributed by atoms with van der Waals surface area (Å²) in [6, 6.07) is 5.38. The van der Waals surface area contributed by atoms with Gasteiger partial charge in [-0.15, -0.1) is 0 Å². The Morgan fingerprint density at radius 3 is 2.80 bits per heavy atom. The van der Waals surface area contributed by atoms with Crippen molar-refractivity contribution in [2.45, 2.75) is 31.8 Å². The molecule has 6 heteroatoms. The molecule has 1 aromatic rings. The topological polar surface area (TPSA) is 52.6 Å². The first-order valence-electron chi connectivity index (χ1n) is 6.36. The summed E-state index contributed by atoms with van der Waals surface area (Å²) in [5.74, 6) is 0.0506. The Bertz CT molecular complexity index is 516. The van der Waals surface area contributed by atoms with E-state index < -0.39 is 12.1 Å². The number of ether oxygens (including phenoxy) is 2. The lowest BCUT2D eigenvalue weighted by atomic mass is 9.96. The number of esters is 1. The third-order valence-corrected chi connectivity index (χ3v) is 4.12. The van der Waals surface area contributed by atoms with Crippen molar-refractivity contribution in [3.63, 3.8) is 0 Å². The minimum absolute atomic E-state index is 0.00872. The zero-order valence-corrected chi connectivity index (χ0v) is 13.9. The van der Waals surface area contributed by atoms with Crippen LogP contribution in [0.25, 0.3) is 0 Å². The molecule has 4 nitrogen and oxygen atoms in total. The highest BCUT2D eigenvalue weighted by molar-refractivity contribution is 9.11. The standard InChI is InChI=1S/C14H14Br2O4/c15-9-5-6-12(10(16)7-9)19-8-14(18)20-13-4-2-1-3-11(13)17/h5-7,13H,1-4,8H2/t13-/m0/s1. The van der Waals surface area contributed by atoms with Crippen molar-refractivity contribution >= 4 is 43.6 Å². The fraction of sp³-hybridized carbons (Fsp3) is 0.429. The maximum atomic E-state index is 11.7. The molecular weight excluding hydrogens is 392 g/mol. The van der Waals surface area contributed by atoms with Crippen molar-refractivity contribution in [2.24, 2.45) is 0 Å². The molecule has 0 spiro atoms. The molecule has 1 atom stereocenters. The van der Waals surface area contributed by atoms with E-state index in [9.17, 15) is 9.59 Å². The Morgan fingerprint density at radius 1 is 1.30 bits per heavy atom. The van der Waals surface area contributed by atoms with E-state index >= 15 is 0 Å². The average molecular weight is 406 g/mol. The minimum atomic E-state index is -0.590.